The van der Waals surface area contributed by atoms with Gasteiger partial charge in [0.15, 0.2) is 0 Å². The highest BCUT2D eigenvalue weighted by Crippen LogP contribution is 2.23. The molecule has 0 spiro atoms. The van der Waals surface area contributed by atoms with Crippen molar-refractivity contribution in [3.63, 3.8) is 0 Å². The fraction of sp³-hybridized carbons (Fsp3) is 0.372. The van der Waals surface area contributed by atoms with Crippen LogP contribution in [0.25, 0.3) is 10.9 Å². The highest BCUT2D eigenvalue weighted by Gasteiger charge is 2.39. The number of hydrogen-bond acceptors (Lipinski definition) is 9. The van der Waals surface area contributed by atoms with E-state index < -0.39 is 60.4 Å². The van der Waals surface area contributed by atoms with Gasteiger partial charge in [-0.25, -0.2) is 0 Å². The number of nitrogens with zero attached hydrogens (tertiary/aromatic N) is 4. The number of fused-ring (bicyclic) bond motifs is 1. The number of aromatic hydroxyl groups is 1. The van der Waals surface area contributed by atoms with Crippen molar-refractivity contribution in [3.05, 3.63) is 114 Å². The maximum absolute atomic E-state index is 14.4. The molecule has 17 heteroatoms. The number of nitrogens with one attached hydrogen (secondary N) is 4. The molecule has 1 fully saturated rings. The maximum Gasteiger partial charge on any atom is 0.246 e. The summed E-state index contributed by atoms with van der Waals surface area (Å²) >= 11 is 0. The highest BCUT2D eigenvalue weighted by atomic mass is 18.2. The van der Waals surface area contributed by atoms with E-state index in [1.54, 1.807) is 24.5 Å². The number of benzene rings is 3. The monoisotopic (exact) mass is 822 g/mol. The lowest BCUT2D eigenvalue weighted by Gasteiger charge is -2.30. The molecule has 4 atom stereocenters. The molecule has 1 aliphatic heterocycles. The van der Waals surface area contributed by atoms with Crippen LogP contribution in [-0.2, 0) is 61.1 Å². The van der Waals surface area contributed by atoms with Crippen LogP contribution in [0.3, 0.4) is 0 Å². The molecule has 0 bridgehead atoms. The number of aromatic nitrogens is 4. The van der Waals surface area contributed by atoms with Gasteiger partial charge >= 0.3 is 0 Å². The van der Waals surface area contributed by atoms with E-state index in [0.29, 0.717) is 37.1 Å². The number of primary amides is 1. The maximum atomic E-state index is 14.4. The third-order valence-corrected chi connectivity index (χ3v) is 10.4. The molecule has 0 unspecified atom stereocenters. The lowest BCUT2D eigenvalue weighted by atomic mass is 10.0. The minimum atomic E-state index is -1.15. The van der Waals surface area contributed by atoms with E-state index >= 15 is 0 Å². The normalized spacial score (nSPS) is 15.3. The fourth-order valence-corrected chi connectivity index (χ4v) is 7.26. The Bertz CT molecular complexity index is 2230. The standard InChI is InChI=1S/C43H50FN9O7/c44-18-7-19-52-26-31(50-51-52)27-60-21-17-39(55)47-37(23-29-13-15-32(54)16-14-29)43(59)53-20-6-12-38(53)42(58)49-36(24-30-25-46-34-11-5-4-10-33(30)34)41(57)48-35(40(45)56)22-28-8-2-1-3-9-28/h1-5,8-11,13-16,25-26,35-38,46,54H,6-7,12,17-24,27H2,(H2,45,56)(H,47,55)(H,48,57)(H,49,58)/t35-,36-,37-,38-/m0/s1/i44-1. The number of nitrogens with two attached hydrogens (primary N) is 1. The number of rotatable bonds is 21. The summed E-state index contributed by atoms with van der Waals surface area (Å²) in [5.41, 5.74) is 9.30. The highest BCUT2D eigenvalue weighted by molar-refractivity contribution is 5.96. The number of phenols is 1. The summed E-state index contributed by atoms with van der Waals surface area (Å²) in [6.45, 7) is 0.243. The van der Waals surface area contributed by atoms with Gasteiger partial charge in [-0.3, -0.25) is 33.0 Å². The van der Waals surface area contributed by atoms with Crippen LogP contribution in [-0.4, -0.2) is 104 Å². The van der Waals surface area contributed by atoms with Gasteiger partial charge in [-0.05, 0) is 54.2 Å². The molecule has 2 aromatic heterocycles. The van der Waals surface area contributed by atoms with Crippen molar-refractivity contribution < 1.29 is 38.2 Å². The molecule has 16 nitrogen and oxygen atoms in total. The molecule has 0 radical (unpaired) electrons. The number of phenolic OH excluding ortho intramolecular Hbond substituents is 1. The van der Waals surface area contributed by atoms with Crippen LogP contribution in [0.2, 0.25) is 0 Å². The molecular weight excluding hydrogens is 773 g/mol. The largest absolute Gasteiger partial charge is 0.508 e. The van der Waals surface area contributed by atoms with E-state index in [-0.39, 0.29) is 51.2 Å². The third-order valence-electron chi connectivity index (χ3n) is 10.4. The Morgan fingerprint density at radius 2 is 1.63 bits per heavy atom. The number of halogens is 1. The number of para-hydroxylation sites is 1. The number of H-pyrrole nitrogens is 1. The minimum Gasteiger partial charge on any atom is -0.508 e. The summed E-state index contributed by atoms with van der Waals surface area (Å²) in [7, 11) is 0. The number of carbonyl (C=O) groups is 5. The van der Waals surface area contributed by atoms with E-state index in [2.05, 4.69) is 31.2 Å². The zero-order valence-electron chi connectivity index (χ0n) is 33.1. The van der Waals surface area contributed by atoms with Gasteiger partial charge in [0.25, 0.3) is 0 Å². The average molecular weight is 823 g/mol. The van der Waals surface area contributed by atoms with Crippen LogP contribution < -0.4 is 21.7 Å². The average Bonchev–Trinajstić information content (AvgIpc) is 4.02. The molecule has 7 N–H and O–H groups in total. The molecular formula is C43H50FN9O7. The van der Waals surface area contributed by atoms with Gasteiger partial charge in [-0.15, -0.1) is 5.10 Å². The smallest absolute Gasteiger partial charge is 0.246 e. The second-order valence-corrected chi connectivity index (χ2v) is 14.8. The Kier molecular flexibility index (Phi) is 15.0. The second kappa shape index (κ2) is 20.9. The van der Waals surface area contributed by atoms with Crippen molar-refractivity contribution >= 4 is 40.4 Å². The molecule has 5 amide bonds. The lowest BCUT2D eigenvalue weighted by Crippen LogP contribution is -2.58. The molecule has 316 valence electrons. The predicted octanol–water partition coefficient (Wildman–Crippen LogP) is 2.39. The van der Waals surface area contributed by atoms with E-state index in [4.69, 9.17) is 10.5 Å². The molecule has 3 aromatic carbocycles. The quantitative estimate of drug-likeness (QED) is 0.0597. The Hall–Kier alpha value is -6.62. The van der Waals surface area contributed by atoms with Crippen LogP contribution in [0.5, 0.6) is 5.75 Å². The first kappa shape index (κ1) is 43.0. The van der Waals surface area contributed by atoms with Crippen LogP contribution in [0.15, 0.2) is 91.3 Å². The summed E-state index contributed by atoms with van der Waals surface area (Å²) in [5.74, 6) is -2.84. The van der Waals surface area contributed by atoms with E-state index in [1.165, 1.54) is 21.7 Å². The van der Waals surface area contributed by atoms with Crippen molar-refractivity contribution in [3.8, 4) is 5.75 Å². The number of alkyl halides is 1. The number of amides is 5. The van der Waals surface area contributed by atoms with Crippen LogP contribution in [0.1, 0.15) is 48.1 Å². The van der Waals surface area contributed by atoms with E-state index in [0.717, 1.165) is 22.0 Å². The van der Waals surface area contributed by atoms with Crippen molar-refractivity contribution in [1.29, 1.82) is 0 Å². The molecule has 60 heavy (non-hydrogen) atoms. The van der Waals surface area contributed by atoms with Crippen molar-refractivity contribution in [2.45, 2.75) is 82.3 Å². The van der Waals surface area contributed by atoms with Gasteiger partial charge in [0.2, 0.25) is 29.5 Å². The van der Waals surface area contributed by atoms with Crippen molar-refractivity contribution in [2.24, 2.45) is 5.73 Å². The SMILES string of the molecule is NC(=O)[C@H](Cc1ccccc1)NC(=O)[C@H](Cc1c[nH]c2ccccc12)NC(=O)[C@@H]1CCCN1C(=O)[C@H](Cc1ccc(O)cc1)NC(=O)CCOCc1cn(CCC[18F])nn1. The number of ether oxygens (including phenoxy) is 1. The number of aryl methyl sites for hydroxylation is 1. The Morgan fingerprint density at radius 1 is 0.900 bits per heavy atom. The first-order chi connectivity index (χ1) is 29.1. The number of carbonyl (C=O) groups excluding carboxylic acids is 5. The fourth-order valence-electron chi connectivity index (χ4n) is 7.26. The van der Waals surface area contributed by atoms with Crippen LogP contribution in [0.4, 0.5) is 4.39 Å². The Balaban J connectivity index is 1.15. The Labute approximate surface area is 346 Å². The molecule has 3 heterocycles. The molecule has 1 aliphatic rings. The van der Waals surface area contributed by atoms with Gasteiger partial charge in [0.05, 0.1) is 26.1 Å². The molecule has 1 saturated heterocycles. The summed E-state index contributed by atoms with van der Waals surface area (Å²) in [5, 5.41) is 27.1. The van der Waals surface area contributed by atoms with Crippen molar-refractivity contribution in [1.82, 2.24) is 40.8 Å². The van der Waals surface area contributed by atoms with Gasteiger partial charge in [-0.2, -0.15) is 0 Å². The molecule has 6 rings (SSSR count). The van der Waals surface area contributed by atoms with Gasteiger partial charge in [0, 0.05) is 55.9 Å². The summed E-state index contributed by atoms with van der Waals surface area (Å²) in [6.07, 6.45) is 4.73. The zero-order chi connectivity index (χ0) is 42.4. The van der Waals surface area contributed by atoms with E-state index in [9.17, 15) is 33.5 Å². The summed E-state index contributed by atoms with van der Waals surface area (Å²) < 4.78 is 19.6. The summed E-state index contributed by atoms with van der Waals surface area (Å²) in [4.78, 5) is 73.0. The predicted molar refractivity (Wildman–Crippen MR) is 219 cm³/mol. The van der Waals surface area contributed by atoms with Crippen LogP contribution in [0, 0.1) is 0 Å². The minimum absolute atomic E-state index is 0.0138. The zero-order valence-corrected chi connectivity index (χ0v) is 33.1. The molecule has 5 aromatic rings. The van der Waals surface area contributed by atoms with Gasteiger partial charge < -0.3 is 41.4 Å². The number of likely N-dealkylation sites (tertiary alicyclic amines) is 1. The molecule has 0 saturated carbocycles. The van der Waals surface area contributed by atoms with Crippen LogP contribution >= 0.6 is 0 Å². The first-order valence-corrected chi connectivity index (χ1v) is 20.0. The third kappa shape index (κ3) is 11.7. The topological polar surface area (TPSA) is 227 Å². The number of aromatic amines is 1. The van der Waals surface area contributed by atoms with E-state index in [1.807, 2.05) is 54.6 Å². The lowest BCUT2D eigenvalue weighted by molar-refractivity contribution is -0.142. The van der Waals surface area contributed by atoms with Gasteiger partial charge in [0.1, 0.15) is 35.6 Å². The second-order valence-electron chi connectivity index (χ2n) is 14.8. The van der Waals surface area contributed by atoms with Gasteiger partial charge in [-0.1, -0.05) is 65.9 Å². The number of hydrogen-bond donors (Lipinski definition) is 6. The first-order valence-electron chi connectivity index (χ1n) is 20.0. The van der Waals surface area contributed by atoms with Crippen molar-refractivity contribution in [2.75, 3.05) is 19.8 Å². The molecule has 0 aliphatic carbocycles. The summed E-state index contributed by atoms with van der Waals surface area (Å²) in [6, 6.07) is 18.6. The Morgan fingerprint density at radius 3 is 2.40 bits per heavy atom.